The highest BCUT2D eigenvalue weighted by Crippen LogP contribution is 2.26. The SMILES string of the molecule is CCC(C)(C)C(=O)N(C)c1cccc(CN)c1. The Balaban J connectivity index is 2.96. The van der Waals surface area contributed by atoms with Gasteiger partial charge in [0.05, 0.1) is 0 Å². The topological polar surface area (TPSA) is 46.3 Å². The lowest BCUT2D eigenvalue weighted by Gasteiger charge is -2.28. The molecule has 1 aromatic rings. The third-order valence-electron chi connectivity index (χ3n) is 3.30. The third-order valence-corrected chi connectivity index (χ3v) is 3.30. The number of rotatable bonds is 4. The van der Waals surface area contributed by atoms with E-state index in [9.17, 15) is 4.79 Å². The van der Waals surface area contributed by atoms with Crippen molar-refractivity contribution < 1.29 is 4.79 Å². The zero-order valence-corrected chi connectivity index (χ0v) is 11.2. The summed E-state index contributed by atoms with van der Waals surface area (Å²) in [5, 5.41) is 0. The number of hydrogen-bond acceptors (Lipinski definition) is 2. The average molecular weight is 234 g/mol. The molecule has 1 amide bonds. The van der Waals surface area contributed by atoms with Gasteiger partial charge in [-0.05, 0) is 24.1 Å². The molecule has 0 aromatic heterocycles. The molecule has 0 aliphatic heterocycles. The lowest BCUT2D eigenvalue weighted by atomic mass is 9.88. The lowest BCUT2D eigenvalue weighted by molar-refractivity contribution is -0.126. The summed E-state index contributed by atoms with van der Waals surface area (Å²) in [6.07, 6.45) is 0.826. The largest absolute Gasteiger partial charge is 0.326 e. The van der Waals surface area contributed by atoms with Crippen molar-refractivity contribution in [3.63, 3.8) is 0 Å². The normalized spacial score (nSPS) is 11.4. The Bertz CT molecular complexity index is 399. The minimum Gasteiger partial charge on any atom is -0.326 e. The first-order valence-electron chi connectivity index (χ1n) is 5.99. The highest BCUT2D eigenvalue weighted by atomic mass is 16.2. The maximum Gasteiger partial charge on any atom is 0.232 e. The van der Waals surface area contributed by atoms with Crippen LogP contribution in [-0.2, 0) is 11.3 Å². The van der Waals surface area contributed by atoms with Crippen LogP contribution in [0.5, 0.6) is 0 Å². The number of amides is 1. The third kappa shape index (κ3) is 3.07. The summed E-state index contributed by atoms with van der Waals surface area (Å²) in [5.41, 5.74) is 7.22. The number of nitrogens with two attached hydrogens (primary N) is 1. The van der Waals surface area contributed by atoms with Gasteiger partial charge in [0.25, 0.3) is 0 Å². The van der Waals surface area contributed by atoms with Crippen molar-refractivity contribution in [2.24, 2.45) is 11.1 Å². The van der Waals surface area contributed by atoms with Crippen LogP contribution in [0.4, 0.5) is 5.69 Å². The molecule has 1 aromatic carbocycles. The molecule has 0 saturated carbocycles. The molecule has 0 saturated heterocycles. The van der Waals surface area contributed by atoms with Crippen molar-refractivity contribution in [3.8, 4) is 0 Å². The van der Waals surface area contributed by atoms with Crippen LogP contribution in [-0.4, -0.2) is 13.0 Å². The Morgan fingerprint density at radius 1 is 1.41 bits per heavy atom. The molecule has 3 nitrogen and oxygen atoms in total. The molecule has 2 N–H and O–H groups in total. The predicted molar refractivity (Wildman–Crippen MR) is 71.8 cm³/mol. The molecule has 0 radical (unpaired) electrons. The predicted octanol–water partition coefficient (Wildman–Crippen LogP) is 2.54. The van der Waals surface area contributed by atoms with E-state index in [0.717, 1.165) is 17.7 Å². The molecule has 0 bridgehead atoms. The molecule has 0 spiro atoms. The standard InChI is InChI=1S/C14H22N2O/c1-5-14(2,3)13(17)16(4)12-8-6-7-11(9-12)10-15/h6-9H,5,10,15H2,1-4H3. The molecule has 0 fully saturated rings. The van der Waals surface area contributed by atoms with E-state index < -0.39 is 0 Å². The fraction of sp³-hybridized carbons (Fsp3) is 0.500. The second-order valence-corrected chi connectivity index (χ2v) is 4.98. The number of nitrogens with zero attached hydrogens (tertiary/aromatic N) is 1. The van der Waals surface area contributed by atoms with Gasteiger partial charge >= 0.3 is 0 Å². The van der Waals surface area contributed by atoms with Crippen molar-refractivity contribution in [2.75, 3.05) is 11.9 Å². The van der Waals surface area contributed by atoms with Crippen LogP contribution in [0.2, 0.25) is 0 Å². The monoisotopic (exact) mass is 234 g/mol. The molecule has 94 valence electrons. The Labute approximate surface area is 104 Å². The molecule has 3 heteroatoms. The first-order valence-corrected chi connectivity index (χ1v) is 5.99. The van der Waals surface area contributed by atoms with E-state index >= 15 is 0 Å². The van der Waals surface area contributed by atoms with Gasteiger partial charge in [-0.1, -0.05) is 32.9 Å². The van der Waals surface area contributed by atoms with Crippen LogP contribution in [0.25, 0.3) is 0 Å². The zero-order valence-electron chi connectivity index (χ0n) is 11.2. The zero-order chi connectivity index (χ0) is 13.1. The molecule has 0 heterocycles. The Kier molecular flexibility index (Phi) is 4.29. The summed E-state index contributed by atoms with van der Waals surface area (Å²) in [6.45, 7) is 6.46. The molecule has 1 rings (SSSR count). The molecular weight excluding hydrogens is 212 g/mol. The molecule has 17 heavy (non-hydrogen) atoms. The smallest absolute Gasteiger partial charge is 0.232 e. The van der Waals surface area contributed by atoms with Gasteiger partial charge in [0.1, 0.15) is 0 Å². The van der Waals surface area contributed by atoms with Crippen LogP contribution >= 0.6 is 0 Å². The Hall–Kier alpha value is -1.35. The van der Waals surface area contributed by atoms with Crippen LogP contribution in [0, 0.1) is 5.41 Å². The number of benzene rings is 1. The van der Waals surface area contributed by atoms with Gasteiger partial charge in [0.15, 0.2) is 0 Å². The van der Waals surface area contributed by atoms with E-state index in [1.165, 1.54) is 0 Å². The maximum atomic E-state index is 12.3. The highest BCUT2D eigenvalue weighted by molar-refractivity contribution is 5.96. The fourth-order valence-corrected chi connectivity index (χ4v) is 1.61. The van der Waals surface area contributed by atoms with Gasteiger partial charge in [-0.15, -0.1) is 0 Å². The molecule has 0 atom stereocenters. The summed E-state index contributed by atoms with van der Waals surface area (Å²) in [5.74, 6) is 0.133. The summed E-state index contributed by atoms with van der Waals surface area (Å²) in [6, 6.07) is 7.79. The summed E-state index contributed by atoms with van der Waals surface area (Å²) in [4.78, 5) is 14.0. The van der Waals surface area contributed by atoms with Crippen LogP contribution < -0.4 is 10.6 Å². The minimum absolute atomic E-state index is 0.133. The minimum atomic E-state index is -0.326. The number of hydrogen-bond donors (Lipinski definition) is 1. The van der Waals surface area contributed by atoms with E-state index in [1.807, 2.05) is 52.1 Å². The van der Waals surface area contributed by atoms with Gasteiger partial charge in [0, 0.05) is 24.7 Å². The number of anilines is 1. The first kappa shape index (κ1) is 13.7. The van der Waals surface area contributed by atoms with E-state index in [-0.39, 0.29) is 11.3 Å². The van der Waals surface area contributed by atoms with E-state index in [1.54, 1.807) is 4.90 Å². The van der Waals surface area contributed by atoms with Gasteiger partial charge in [-0.3, -0.25) is 4.79 Å². The van der Waals surface area contributed by atoms with E-state index in [2.05, 4.69) is 0 Å². The summed E-state index contributed by atoms with van der Waals surface area (Å²) in [7, 11) is 1.81. The van der Waals surface area contributed by atoms with Crippen molar-refractivity contribution in [2.45, 2.75) is 33.7 Å². The highest BCUT2D eigenvalue weighted by Gasteiger charge is 2.29. The van der Waals surface area contributed by atoms with Gasteiger partial charge in [0.2, 0.25) is 5.91 Å². The van der Waals surface area contributed by atoms with Crippen molar-refractivity contribution in [1.29, 1.82) is 0 Å². The summed E-state index contributed by atoms with van der Waals surface area (Å²) < 4.78 is 0. The lowest BCUT2D eigenvalue weighted by Crippen LogP contribution is -2.38. The van der Waals surface area contributed by atoms with Gasteiger partial charge < -0.3 is 10.6 Å². The van der Waals surface area contributed by atoms with Gasteiger partial charge in [-0.2, -0.15) is 0 Å². The Morgan fingerprint density at radius 3 is 2.59 bits per heavy atom. The van der Waals surface area contributed by atoms with Crippen LogP contribution in [0.3, 0.4) is 0 Å². The second kappa shape index (κ2) is 5.32. The maximum absolute atomic E-state index is 12.3. The van der Waals surface area contributed by atoms with Gasteiger partial charge in [-0.25, -0.2) is 0 Å². The van der Waals surface area contributed by atoms with Crippen molar-refractivity contribution >= 4 is 11.6 Å². The van der Waals surface area contributed by atoms with Crippen LogP contribution in [0.15, 0.2) is 24.3 Å². The Morgan fingerprint density at radius 2 is 2.06 bits per heavy atom. The average Bonchev–Trinajstić information content (AvgIpc) is 2.37. The number of carbonyl (C=O) groups is 1. The summed E-state index contributed by atoms with van der Waals surface area (Å²) >= 11 is 0. The van der Waals surface area contributed by atoms with Crippen LogP contribution in [0.1, 0.15) is 32.8 Å². The van der Waals surface area contributed by atoms with Crippen molar-refractivity contribution in [1.82, 2.24) is 0 Å². The first-order chi connectivity index (χ1) is 7.92. The molecule has 0 unspecified atom stereocenters. The van der Waals surface area contributed by atoms with E-state index in [0.29, 0.717) is 6.54 Å². The fourth-order valence-electron chi connectivity index (χ4n) is 1.61. The molecule has 0 aliphatic rings. The molecular formula is C14H22N2O. The number of carbonyl (C=O) groups excluding carboxylic acids is 1. The second-order valence-electron chi connectivity index (χ2n) is 4.98. The quantitative estimate of drug-likeness (QED) is 0.870. The molecule has 0 aliphatic carbocycles. The van der Waals surface area contributed by atoms with Crippen molar-refractivity contribution in [3.05, 3.63) is 29.8 Å². The van der Waals surface area contributed by atoms with E-state index in [4.69, 9.17) is 5.73 Å².